The summed E-state index contributed by atoms with van der Waals surface area (Å²) in [5, 5.41) is 2.85. The van der Waals surface area contributed by atoms with Crippen LogP contribution < -0.4 is 11.1 Å². The van der Waals surface area contributed by atoms with Crippen molar-refractivity contribution in [2.24, 2.45) is 11.7 Å². The average Bonchev–Trinajstić information content (AvgIpc) is 2.37. The summed E-state index contributed by atoms with van der Waals surface area (Å²) < 4.78 is 36.8. The molecule has 1 amide bonds. The first-order chi connectivity index (χ1) is 9.76. The fourth-order valence-electron chi connectivity index (χ4n) is 2.55. The van der Waals surface area contributed by atoms with Crippen LogP contribution in [0.3, 0.4) is 0 Å². The van der Waals surface area contributed by atoms with Gasteiger partial charge in [0.05, 0.1) is 6.54 Å². The van der Waals surface area contributed by atoms with Crippen molar-refractivity contribution in [1.29, 1.82) is 0 Å². The maximum atomic E-state index is 12.3. The number of nitrogens with one attached hydrogen (secondary N) is 1. The summed E-state index contributed by atoms with van der Waals surface area (Å²) in [5.74, 6) is 0.407. The van der Waals surface area contributed by atoms with Gasteiger partial charge in [0.25, 0.3) is 0 Å². The van der Waals surface area contributed by atoms with Crippen molar-refractivity contribution in [2.45, 2.75) is 51.2 Å². The van der Waals surface area contributed by atoms with Crippen molar-refractivity contribution in [2.75, 3.05) is 26.2 Å². The lowest BCUT2D eigenvalue weighted by Gasteiger charge is -2.32. The van der Waals surface area contributed by atoms with Gasteiger partial charge in [0.1, 0.15) is 0 Å². The highest BCUT2D eigenvalue weighted by Crippen LogP contribution is 2.23. The molecule has 4 nitrogen and oxygen atoms in total. The lowest BCUT2D eigenvalue weighted by Crippen LogP contribution is -2.40. The molecule has 3 N–H and O–H groups in total. The minimum Gasteiger partial charge on any atom is -0.356 e. The van der Waals surface area contributed by atoms with Gasteiger partial charge in [-0.25, -0.2) is 0 Å². The van der Waals surface area contributed by atoms with Gasteiger partial charge in [-0.1, -0.05) is 0 Å². The quantitative estimate of drug-likeness (QED) is 0.712. The molecule has 1 aliphatic rings. The maximum absolute atomic E-state index is 12.3. The first-order valence-corrected chi connectivity index (χ1v) is 7.57. The first-order valence-electron chi connectivity index (χ1n) is 7.57. The Bertz CT molecular complexity index is 323. The number of piperidine rings is 1. The SMILES string of the molecule is CC(N)CCC(=O)NCCC1CCN(CC(F)(F)F)CC1.Cl.Cl. The Morgan fingerprint density at radius 2 is 1.87 bits per heavy atom. The number of halogens is 5. The van der Waals surface area contributed by atoms with E-state index >= 15 is 0 Å². The van der Waals surface area contributed by atoms with Gasteiger partial charge in [-0.15, -0.1) is 24.8 Å². The molecule has 9 heteroatoms. The smallest absolute Gasteiger partial charge is 0.356 e. The van der Waals surface area contributed by atoms with Crippen LogP contribution in [-0.2, 0) is 4.79 Å². The van der Waals surface area contributed by atoms with Crippen LogP contribution in [0.1, 0.15) is 39.0 Å². The van der Waals surface area contributed by atoms with Crippen molar-refractivity contribution >= 4 is 30.7 Å². The molecule has 0 aromatic heterocycles. The molecule has 0 aromatic carbocycles. The molecule has 0 bridgehead atoms. The molecule has 1 fully saturated rings. The number of rotatable bonds is 7. The molecule has 1 aliphatic heterocycles. The Kier molecular flexibility index (Phi) is 13.2. The van der Waals surface area contributed by atoms with Gasteiger partial charge in [0.2, 0.25) is 5.91 Å². The van der Waals surface area contributed by atoms with Crippen molar-refractivity contribution in [3.8, 4) is 0 Å². The van der Waals surface area contributed by atoms with E-state index in [0.29, 0.717) is 38.4 Å². The molecule has 1 heterocycles. The van der Waals surface area contributed by atoms with E-state index in [1.165, 1.54) is 4.90 Å². The second-order valence-corrected chi connectivity index (χ2v) is 5.99. The Morgan fingerprint density at radius 3 is 2.35 bits per heavy atom. The van der Waals surface area contributed by atoms with Gasteiger partial charge < -0.3 is 11.1 Å². The van der Waals surface area contributed by atoms with Crippen LogP contribution in [0.2, 0.25) is 0 Å². The van der Waals surface area contributed by atoms with Crippen LogP contribution in [-0.4, -0.2) is 49.2 Å². The number of carbonyl (C=O) groups excluding carboxylic acids is 1. The first kappa shape index (κ1) is 25.0. The minimum atomic E-state index is -4.11. The highest BCUT2D eigenvalue weighted by atomic mass is 35.5. The molecule has 0 aromatic rings. The van der Waals surface area contributed by atoms with E-state index in [4.69, 9.17) is 5.73 Å². The Hall–Kier alpha value is -0.240. The van der Waals surface area contributed by atoms with E-state index in [1.54, 1.807) is 0 Å². The third-order valence-corrected chi connectivity index (χ3v) is 3.81. The summed E-state index contributed by atoms with van der Waals surface area (Å²) >= 11 is 0. The minimum absolute atomic E-state index is 0. The molecule has 0 saturated carbocycles. The van der Waals surface area contributed by atoms with Gasteiger partial charge in [0.15, 0.2) is 0 Å². The molecule has 0 radical (unpaired) electrons. The number of amides is 1. The van der Waals surface area contributed by atoms with Crippen molar-refractivity contribution < 1.29 is 18.0 Å². The summed E-state index contributed by atoms with van der Waals surface area (Å²) in [6, 6.07) is 0.0220. The Balaban J connectivity index is 0. The Morgan fingerprint density at radius 1 is 1.30 bits per heavy atom. The van der Waals surface area contributed by atoms with Gasteiger partial charge in [-0.2, -0.15) is 13.2 Å². The van der Waals surface area contributed by atoms with Crippen molar-refractivity contribution in [1.82, 2.24) is 10.2 Å². The molecule has 23 heavy (non-hydrogen) atoms. The Labute approximate surface area is 148 Å². The zero-order chi connectivity index (χ0) is 15.9. The average molecular weight is 382 g/mol. The summed E-state index contributed by atoms with van der Waals surface area (Å²) in [6.45, 7) is 2.63. The lowest BCUT2D eigenvalue weighted by molar-refractivity contribution is -0.148. The van der Waals surface area contributed by atoms with E-state index in [9.17, 15) is 18.0 Å². The fourth-order valence-corrected chi connectivity index (χ4v) is 2.55. The van der Waals surface area contributed by atoms with Crippen LogP contribution in [0.4, 0.5) is 13.2 Å². The van der Waals surface area contributed by atoms with Crippen LogP contribution in [0.15, 0.2) is 0 Å². The van der Waals surface area contributed by atoms with E-state index in [1.807, 2.05) is 6.92 Å². The summed E-state index contributed by atoms with van der Waals surface area (Å²) in [4.78, 5) is 13.0. The zero-order valence-corrected chi connectivity index (χ0v) is 15.0. The summed E-state index contributed by atoms with van der Waals surface area (Å²) in [5.41, 5.74) is 5.58. The number of likely N-dealkylation sites (tertiary alicyclic amines) is 1. The molecule has 140 valence electrons. The third-order valence-electron chi connectivity index (χ3n) is 3.81. The largest absolute Gasteiger partial charge is 0.401 e. The van der Waals surface area contributed by atoms with Gasteiger partial charge in [0, 0.05) is 19.0 Å². The highest BCUT2D eigenvalue weighted by Gasteiger charge is 2.32. The molecule has 1 unspecified atom stereocenters. The van der Waals surface area contributed by atoms with Crippen molar-refractivity contribution in [3.05, 3.63) is 0 Å². The van der Waals surface area contributed by atoms with Crippen molar-refractivity contribution in [3.63, 3.8) is 0 Å². The summed E-state index contributed by atoms with van der Waals surface area (Å²) in [7, 11) is 0. The normalized spacial score (nSPS) is 17.8. The van der Waals surface area contributed by atoms with Crippen LogP contribution in [0, 0.1) is 5.92 Å². The van der Waals surface area contributed by atoms with Crippen LogP contribution in [0.25, 0.3) is 0 Å². The predicted octanol–water partition coefficient (Wildman–Crippen LogP) is 2.74. The van der Waals surface area contributed by atoms with E-state index in [-0.39, 0.29) is 36.8 Å². The van der Waals surface area contributed by atoms with Gasteiger partial charge in [-0.3, -0.25) is 9.69 Å². The highest BCUT2D eigenvalue weighted by molar-refractivity contribution is 5.85. The molecule has 1 atom stereocenters. The van der Waals surface area contributed by atoms with E-state index in [0.717, 1.165) is 19.3 Å². The monoisotopic (exact) mass is 381 g/mol. The molecule has 1 saturated heterocycles. The number of alkyl halides is 3. The number of hydrogen-bond acceptors (Lipinski definition) is 3. The maximum Gasteiger partial charge on any atom is 0.401 e. The topological polar surface area (TPSA) is 58.4 Å². The second kappa shape index (κ2) is 12.2. The van der Waals surface area contributed by atoms with E-state index < -0.39 is 12.7 Å². The molecule has 0 spiro atoms. The fraction of sp³-hybridized carbons (Fsp3) is 0.929. The van der Waals surface area contributed by atoms with Gasteiger partial charge in [-0.05, 0) is 51.6 Å². The molecule has 1 rings (SSSR count). The van der Waals surface area contributed by atoms with E-state index in [2.05, 4.69) is 5.32 Å². The standard InChI is InChI=1S/C14H26F3N3O.2ClH/c1-11(18)2-3-13(21)19-7-4-12-5-8-20(9-6-12)10-14(15,16)17;;/h11-12H,2-10,18H2,1H3,(H,19,21);2*1H. The summed E-state index contributed by atoms with van der Waals surface area (Å²) in [6.07, 6.45) is -0.633. The van der Waals surface area contributed by atoms with Crippen LogP contribution >= 0.6 is 24.8 Å². The molecule has 0 aliphatic carbocycles. The number of nitrogens with two attached hydrogens (primary N) is 1. The zero-order valence-electron chi connectivity index (χ0n) is 13.4. The molecular weight excluding hydrogens is 354 g/mol. The molecular formula is C14H28Cl2F3N3O. The lowest BCUT2D eigenvalue weighted by atomic mass is 9.93. The number of carbonyl (C=O) groups is 1. The number of nitrogens with zero attached hydrogens (tertiary/aromatic N) is 1. The second-order valence-electron chi connectivity index (χ2n) is 5.99. The number of hydrogen-bond donors (Lipinski definition) is 2. The van der Waals surface area contributed by atoms with Gasteiger partial charge >= 0.3 is 6.18 Å². The predicted molar refractivity (Wildman–Crippen MR) is 90.2 cm³/mol. The third kappa shape index (κ3) is 12.8. The van der Waals surface area contributed by atoms with Crippen LogP contribution in [0.5, 0.6) is 0 Å².